The van der Waals surface area contributed by atoms with Crippen molar-refractivity contribution in [2.75, 3.05) is 13.2 Å². The zero-order chi connectivity index (χ0) is 5.98. The van der Waals surface area contributed by atoms with Gasteiger partial charge in [-0.1, -0.05) is 11.8 Å². The SMILES string of the molecule is O=C1NCC(CO)S1. The van der Waals surface area contributed by atoms with Crippen LogP contribution in [0.5, 0.6) is 0 Å². The minimum absolute atomic E-state index is 0.0240. The van der Waals surface area contributed by atoms with E-state index in [1.54, 1.807) is 0 Å². The molecular weight excluding hydrogens is 126 g/mol. The zero-order valence-electron chi connectivity index (χ0n) is 4.26. The molecule has 0 spiro atoms. The number of aliphatic hydroxyl groups is 1. The predicted octanol–water partition coefficient (Wildman–Crippen LogP) is -0.196. The molecule has 1 unspecified atom stereocenters. The number of carbonyl (C=O) groups excluding carboxylic acids is 1. The van der Waals surface area contributed by atoms with Gasteiger partial charge in [0.2, 0.25) is 0 Å². The second kappa shape index (κ2) is 2.37. The van der Waals surface area contributed by atoms with Crippen LogP contribution in [0.25, 0.3) is 0 Å². The van der Waals surface area contributed by atoms with Crippen LogP contribution in [-0.4, -0.2) is 28.7 Å². The summed E-state index contributed by atoms with van der Waals surface area (Å²) in [4.78, 5) is 10.4. The summed E-state index contributed by atoms with van der Waals surface area (Å²) in [6, 6.07) is 0. The first-order chi connectivity index (χ1) is 3.83. The Morgan fingerprint density at radius 3 is 3.00 bits per heavy atom. The van der Waals surface area contributed by atoms with Crippen molar-refractivity contribution < 1.29 is 9.90 Å². The molecule has 4 heteroatoms. The fourth-order valence-electron chi connectivity index (χ4n) is 0.534. The molecule has 1 aliphatic heterocycles. The monoisotopic (exact) mass is 133 g/mol. The average Bonchev–Trinajstić information content (AvgIpc) is 2.14. The smallest absolute Gasteiger partial charge is 0.279 e. The van der Waals surface area contributed by atoms with E-state index in [0.29, 0.717) is 6.54 Å². The van der Waals surface area contributed by atoms with E-state index < -0.39 is 0 Å². The molecule has 1 amide bonds. The first-order valence-corrected chi connectivity index (χ1v) is 3.26. The van der Waals surface area contributed by atoms with Crippen LogP contribution in [0.1, 0.15) is 0 Å². The molecule has 0 saturated carbocycles. The van der Waals surface area contributed by atoms with E-state index in [9.17, 15) is 4.79 Å². The molecule has 3 nitrogen and oxygen atoms in total. The van der Waals surface area contributed by atoms with Crippen molar-refractivity contribution in [3.8, 4) is 0 Å². The molecule has 1 atom stereocenters. The maximum absolute atomic E-state index is 10.4. The van der Waals surface area contributed by atoms with E-state index in [4.69, 9.17) is 5.11 Å². The molecule has 0 aromatic rings. The molecule has 46 valence electrons. The average molecular weight is 133 g/mol. The van der Waals surface area contributed by atoms with Gasteiger partial charge >= 0.3 is 0 Å². The Morgan fingerprint density at radius 1 is 2.00 bits per heavy atom. The van der Waals surface area contributed by atoms with Crippen LogP contribution in [0.2, 0.25) is 0 Å². The van der Waals surface area contributed by atoms with Crippen LogP contribution in [-0.2, 0) is 0 Å². The molecule has 0 radical (unpaired) electrons. The normalized spacial score (nSPS) is 28.1. The minimum Gasteiger partial charge on any atom is -0.395 e. The highest BCUT2D eigenvalue weighted by Crippen LogP contribution is 2.15. The van der Waals surface area contributed by atoms with E-state index in [-0.39, 0.29) is 17.1 Å². The number of carbonyl (C=O) groups is 1. The third-order valence-electron chi connectivity index (χ3n) is 0.951. The van der Waals surface area contributed by atoms with Crippen molar-refractivity contribution in [1.29, 1.82) is 0 Å². The number of hydrogen-bond acceptors (Lipinski definition) is 3. The fourth-order valence-corrected chi connectivity index (χ4v) is 1.24. The molecule has 1 saturated heterocycles. The van der Waals surface area contributed by atoms with Gasteiger partial charge in [-0.05, 0) is 0 Å². The third-order valence-corrected chi connectivity index (χ3v) is 1.96. The Balaban J connectivity index is 2.32. The van der Waals surface area contributed by atoms with Crippen LogP contribution >= 0.6 is 11.8 Å². The Kier molecular flexibility index (Phi) is 1.75. The fraction of sp³-hybridized carbons (Fsp3) is 0.750. The van der Waals surface area contributed by atoms with Gasteiger partial charge in [0.05, 0.1) is 11.9 Å². The quantitative estimate of drug-likeness (QED) is 0.521. The lowest BCUT2D eigenvalue weighted by molar-refractivity contribution is 0.261. The summed E-state index contributed by atoms with van der Waals surface area (Å²) in [5.41, 5.74) is 0. The largest absolute Gasteiger partial charge is 0.395 e. The maximum Gasteiger partial charge on any atom is 0.279 e. The Morgan fingerprint density at radius 2 is 2.75 bits per heavy atom. The second-order valence-electron chi connectivity index (χ2n) is 1.59. The number of hydrogen-bond donors (Lipinski definition) is 2. The molecule has 0 aromatic carbocycles. The van der Waals surface area contributed by atoms with E-state index in [1.165, 1.54) is 11.8 Å². The molecule has 8 heavy (non-hydrogen) atoms. The maximum atomic E-state index is 10.4. The second-order valence-corrected chi connectivity index (χ2v) is 2.86. The number of rotatable bonds is 1. The first kappa shape index (κ1) is 5.91. The topological polar surface area (TPSA) is 49.3 Å². The highest BCUT2D eigenvalue weighted by atomic mass is 32.2. The van der Waals surface area contributed by atoms with E-state index in [1.807, 2.05) is 0 Å². The Hall–Kier alpha value is -0.220. The molecule has 1 aliphatic rings. The number of aliphatic hydroxyl groups excluding tert-OH is 1. The molecule has 0 aliphatic carbocycles. The van der Waals surface area contributed by atoms with E-state index in [0.717, 1.165) is 0 Å². The van der Waals surface area contributed by atoms with Crippen LogP contribution in [0.3, 0.4) is 0 Å². The summed E-state index contributed by atoms with van der Waals surface area (Å²) in [6.45, 7) is 0.698. The summed E-state index contributed by atoms with van der Waals surface area (Å²) in [5, 5.41) is 11.1. The lowest BCUT2D eigenvalue weighted by Gasteiger charge is -1.95. The van der Waals surface area contributed by atoms with Crippen molar-refractivity contribution >= 4 is 17.0 Å². The molecule has 2 N–H and O–H groups in total. The van der Waals surface area contributed by atoms with Gasteiger partial charge in [0, 0.05) is 6.54 Å². The van der Waals surface area contributed by atoms with Crippen LogP contribution in [0.15, 0.2) is 0 Å². The van der Waals surface area contributed by atoms with Crippen LogP contribution in [0.4, 0.5) is 4.79 Å². The van der Waals surface area contributed by atoms with E-state index in [2.05, 4.69) is 5.32 Å². The molecular formula is C4H7NO2S. The van der Waals surface area contributed by atoms with Crippen LogP contribution < -0.4 is 5.32 Å². The molecule has 1 fully saturated rings. The summed E-state index contributed by atoms with van der Waals surface area (Å²) in [6.07, 6.45) is 0. The van der Waals surface area contributed by atoms with Gasteiger partial charge in [-0.2, -0.15) is 0 Å². The van der Waals surface area contributed by atoms with Gasteiger partial charge in [-0.3, -0.25) is 4.79 Å². The van der Waals surface area contributed by atoms with Crippen molar-refractivity contribution in [2.45, 2.75) is 5.25 Å². The molecule has 0 aromatic heterocycles. The standard InChI is InChI=1S/C4H7NO2S/c6-2-3-1-5-4(7)8-3/h3,6H,1-2H2,(H,5,7). The van der Waals surface area contributed by atoms with Crippen molar-refractivity contribution in [2.24, 2.45) is 0 Å². The highest BCUT2D eigenvalue weighted by Gasteiger charge is 2.20. The number of nitrogens with one attached hydrogen (secondary N) is 1. The van der Waals surface area contributed by atoms with Gasteiger partial charge in [0.25, 0.3) is 5.24 Å². The van der Waals surface area contributed by atoms with Crippen LogP contribution in [0, 0.1) is 0 Å². The molecule has 1 heterocycles. The predicted molar refractivity (Wildman–Crippen MR) is 31.9 cm³/mol. The van der Waals surface area contributed by atoms with Gasteiger partial charge in [-0.25, -0.2) is 0 Å². The molecule has 0 bridgehead atoms. The van der Waals surface area contributed by atoms with Crippen molar-refractivity contribution in [1.82, 2.24) is 5.32 Å². The summed E-state index contributed by atoms with van der Waals surface area (Å²) in [5.74, 6) is 0. The van der Waals surface area contributed by atoms with Gasteiger partial charge in [-0.15, -0.1) is 0 Å². The van der Waals surface area contributed by atoms with Crippen molar-refractivity contribution in [3.63, 3.8) is 0 Å². The lowest BCUT2D eigenvalue weighted by Crippen LogP contribution is -2.16. The van der Waals surface area contributed by atoms with E-state index >= 15 is 0 Å². The lowest BCUT2D eigenvalue weighted by atomic mass is 10.4. The Labute approximate surface area is 51.5 Å². The number of thioether (sulfide) groups is 1. The molecule has 1 rings (SSSR count). The first-order valence-electron chi connectivity index (χ1n) is 2.38. The summed E-state index contributed by atoms with van der Waals surface area (Å²) in [7, 11) is 0. The third kappa shape index (κ3) is 1.14. The number of amides is 1. The van der Waals surface area contributed by atoms with Gasteiger partial charge < -0.3 is 10.4 Å². The summed E-state index contributed by atoms with van der Waals surface area (Å²) >= 11 is 1.17. The van der Waals surface area contributed by atoms with Crippen molar-refractivity contribution in [3.05, 3.63) is 0 Å². The zero-order valence-corrected chi connectivity index (χ0v) is 5.07. The summed E-state index contributed by atoms with van der Waals surface area (Å²) < 4.78 is 0. The van der Waals surface area contributed by atoms with Gasteiger partial charge in [0.1, 0.15) is 0 Å². The Bertz CT molecular complexity index is 106. The minimum atomic E-state index is -0.0240. The van der Waals surface area contributed by atoms with Gasteiger partial charge in [0.15, 0.2) is 0 Å². The highest BCUT2D eigenvalue weighted by molar-refractivity contribution is 8.14.